The predicted molar refractivity (Wildman–Crippen MR) is 96.1 cm³/mol. The van der Waals surface area contributed by atoms with E-state index in [-0.39, 0.29) is 17.4 Å². The minimum absolute atomic E-state index is 0.0751. The molecule has 6 heteroatoms. The zero-order valence-electron chi connectivity index (χ0n) is 14.0. The highest BCUT2D eigenvalue weighted by atomic mass is 32.2. The van der Waals surface area contributed by atoms with Gasteiger partial charge >= 0.3 is 0 Å². The van der Waals surface area contributed by atoms with E-state index in [9.17, 15) is 9.00 Å². The molecule has 2 aromatic rings. The van der Waals surface area contributed by atoms with Crippen molar-refractivity contribution in [1.29, 1.82) is 0 Å². The summed E-state index contributed by atoms with van der Waals surface area (Å²) in [5, 5.41) is 2.73. The number of aryl methyl sites for hydroxylation is 1. The standard InChI is InChI=1S/C18H21NO4S/c1-13-7-8-17(23-3)14(9-13)11-24(21)12-18(20)19-15-5-4-6-16(10-15)22-2/h4-10H,11-12H2,1-3H3,(H,19,20). The van der Waals surface area contributed by atoms with Gasteiger partial charge in [0.25, 0.3) is 0 Å². The summed E-state index contributed by atoms with van der Waals surface area (Å²) in [6, 6.07) is 12.7. The van der Waals surface area contributed by atoms with E-state index in [0.717, 1.165) is 11.1 Å². The molecule has 0 radical (unpaired) electrons. The van der Waals surface area contributed by atoms with E-state index in [4.69, 9.17) is 9.47 Å². The fraction of sp³-hybridized carbons (Fsp3) is 0.278. The summed E-state index contributed by atoms with van der Waals surface area (Å²) in [6.07, 6.45) is 0. The van der Waals surface area contributed by atoms with Gasteiger partial charge in [-0.1, -0.05) is 23.8 Å². The minimum atomic E-state index is -1.33. The topological polar surface area (TPSA) is 64.6 Å². The van der Waals surface area contributed by atoms with Gasteiger partial charge in [0.15, 0.2) is 0 Å². The van der Waals surface area contributed by atoms with Crippen molar-refractivity contribution in [3.63, 3.8) is 0 Å². The number of hydrogen-bond acceptors (Lipinski definition) is 4. The van der Waals surface area contributed by atoms with Crippen molar-refractivity contribution in [2.75, 3.05) is 25.3 Å². The average Bonchev–Trinajstić information content (AvgIpc) is 2.55. The van der Waals surface area contributed by atoms with Crippen molar-refractivity contribution >= 4 is 22.4 Å². The van der Waals surface area contributed by atoms with Crippen LogP contribution in [0, 0.1) is 6.92 Å². The molecular formula is C18H21NO4S. The van der Waals surface area contributed by atoms with Crippen LogP contribution in [-0.2, 0) is 21.3 Å². The van der Waals surface area contributed by atoms with Gasteiger partial charge in [-0.3, -0.25) is 9.00 Å². The SMILES string of the molecule is COc1cccc(NC(=O)CS(=O)Cc2cc(C)ccc2OC)c1. The van der Waals surface area contributed by atoms with Gasteiger partial charge in [0.05, 0.1) is 20.0 Å². The first-order valence-electron chi connectivity index (χ1n) is 7.44. The Balaban J connectivity index is 1.96. The lowest BCUT2D eigenvalue weighted by Crippen LogP contribution is -2.20. The zero-order chi connectivity index (χ0) is 17.5. The molecule has 1 amide bonds. The third kappa shape index (κ3) is 5.09. The number of carbonyl (C=O) groups is 1. The Bertz CT molecular complexity index is 746. The quantitative estimate of drug-likeness (QED) is 0.836. The lowest BCUT2D eigenvalue weighted by molar-refractivity contribution is -0.113. The number of nitrogens with one attached hydrogen (secondary N) is 1. The molecule has 0 bridgehead atoms. The molecule has 0 spiro atoms. The molecule has 0 aliphatic carbocycles. The average molecular weight is 347 g/mol. The Morgan fingerprint density at radius 1 is 1.12 bits per heavy atom. The van der Waals surface area contributed by atoms with Crippen LogP contribution in [0.2, 0.25) is 0 Å². The third-order valence-corrected chi connectivity index (χ3v) is 4.62. The molecule has 0 fully saturated rings. The highest BCUT2D eigenvalue weighted by Crippen LogP contribution is 2.21. The number of amides is 1. The Hall–Kier alpha value is -2.34. The van der Waals surface area contributed by atoms with Gasteiger partial charge in [-0.25, -0.2) is 0 Å². The van der Waals surface area contributed by atoms with Crippen molar-refractivity contribution in [1.82, 2.24) is 0 Å². The smallest absolute Gasteiger partial charge is 0.237 e. The van der Waals surface area contributed by atoms with E-state index in [0.29, 0.717) is 17.2 Å². The largest absolute Gasteiger partial charge is 0.497 e. The van der Waals surface area contributed by atoms with E-state index in [2.05, 4.69) is 5.32 Å². The van der Waals surface area contributed by atoms with Gasteiger partial charge in [0, 0.05) is 28.1 Å². The lowest BCUT2D eigenvalue weighted by atomic mass is 10.1. The monoisotopic (exact) mass is 347 g/mol. The summed E-state index contributed by atoms with van der Waals surface area (Å²) in [5.41, 5.74) is 2.51. The summed E-state index contributed by atoms with van der Waals surface area (Å²) in [7, 11) is 1.81. The van der Waals surface area contributed by atoms with E-state index in [1.165, 1.54) is 0 Å². The van der Waals surface area contributed by atoms with Gasteiger partial charge < -0.3 is 14.8 Å². The molecule has 24 heavy (non-hydrogen) atoms. The summed E-state index contributed by atoms with van der Waals surface area (Å²) >= 11 is 0. The highest BCUT2D eigenvalue weighted by molar-refractivity contribution is 7.85. The van der Waals surface area contributed by atoms with Crippen LogP contribution in [0.4, 0.5) is 5.69 Å². The fourth-order valence-corrected chi connectivity index (χ4v) is 3.33. The van der Waals surface area contributed by atoms with Crippen LogP contribution in [0.3, 0.4) is 0 Å². The molecule has 5 nitrogen and oxygen atoms in total. The Morgan fingerprint density at radius 2 is 1.92 bits per heavy atom. The molecule has 128 valence electrons. The van der Waals surface area contributed by atoms with Crippen LogP contribution in [0.5, 0.6) is 11.5 Å². The zero-order valence-corrected chi connectivity index (χ0v) is 14.8. The summed E-state index contributed by atoms with van der Waals surface area (Å²) in [6.45, 7) is 1.96. The fourth-order valence-electron chi connectivity index (χ4n) is 2.29. The first kappa shape index (κ1) is 18.0. The molecule has 1 atom stereocenters. The van der Waals surface area contributed by atoms with E-state index in [1.807, 2.05) is 25.1 Å². The molecule has 2 aromatic carbocycles. The Labute approximate surface area is 144 Å². The number of anilines is 1. The molecule has 0 saturated carbocycles. The second-order valence-corrected chi connectivity index (χ2v) is 6.78. The number of hydrogen-bond donors (Lipinski definition) is 1. The first-order chi connectivity index (χ1) is 11.5. The van der Waals surface area contributed by atoms with Gasteiger partial charge in [0.1, 0.15) is 17.3 Å². The summed E-state index contributed by atoms with van der Waals surface area (Å²) in [4.78, 5) is 12.1. The van der Waals surface area contributed by atoms with Crippen LogP contribution in [-0.4, -0.2) is 30.1 Å². The Morgan fingerprint density at radius 3 is 2.62 bits per heavy atom. The second kappa shape index (κ2) is 8.49. The van der Waals surface area contributed by atoms with Gasteiger partial charge in [-0.05, 0) is 25.1 Å². The van der Waals surface area contributed by atoms with E-state index >= 15 is 0 Å². The van der Waals surface area contributed by atoms with Crippen molar-refractivity contribution in [2.24, 2.45) is 0 Å². The molecular weight excluding hydrogens is 326 g/mol. The number of benzene rings is 2. The predicted octanol–water partition coefficient (Wildman–Crippen LogP) is 2.90. The molecule has 0 aromatic heterocycles. The number of rotatable bonds is 7. The van der Waals surface area contributed by atoms with Gasteiger partial charge in [-0.15, -0.1) is 0 Å². The first-order valence-corrected chi connectivity index (χ1v) is 8.93. The molecule has 1 unspecified atom stereocenters. The molecule has 0 aliphatic rings. The lowest BCUT2D eigenvalue weighted by Gasteiger charge is -2.10. The van der Waals surface area contributed by atoms with Gasteiger partial charge in [-0.2, -0.15) is 0 Å². The van der Waals surface area contributed by atoms with E-state index < -0.39 is 10.8 Å². The number of ether oxygens (including phenoxy) is 2. The maximum atomic E-state index is 12.3. The van der Waals surface area contributed by atoms with Crippen LogP contribution < -0.4 is 14.8 Å². The molecule has 2 rings (SSSR count). The third-order valence-electron chi connectivity index (χ3n) is 3.40. The van der Waals surface area contributed by atoms with Crippen LogP contribution >= 0.6 is 0 Å². The van der Waals surface area contributed by atoms with Crippen LogP contribution in [0.15, 0.2) is 42.5 Å². The number of methoxy groups -OCH3 is 2. The maximum absolute atomic E-state index is 12.3. The second-order valence-electron chi connectivity index (χ2n) is 5.32. The van der Waals surface area contributed by atoms with Crippen LogP contribution in [0.1, 0.15) is 11.1 Å². The van der Waals surface area contributed by atoms with Gasteiger partial charge in [0.2, 0.25) is 5.91 Å². The molecule has 1 N–H and O–H groups in total. The molecule has 0 heterocycles. The summed E-state index contributed by atoms with van der Waals surface area (Å²) < 4.78 is 22.7. The number of carbonyl (C=O) groups excluding carboxylic acids is 1. The molecule has 0 saturated heterocycles. The normalized spacial score (nSPS) is 11.6. The minimum Gasteiger partial charge on any atom is -0.497 e. The van der Waals surface area contributed by atoms with Crippen molar-refractivity contribution < 1.29 is 18.5 Å². The van der Waals surface area contributed by atoms with Crippen LogP contribution in [0.25, 0.3) is 0 Å². The van der Waals surface area contributed by atoms with Crippen molar-refractivity contribution in [3.8, 4) is 11.5 Å². The van der Waals surface area contributed by atoms with Crippen molar-refractivity contribution in [2.45, 2.75) is 12.7 Å². The maximum Gasteiger partial charge on any atom is 0.237 e. The highest BCUT2D eigenvalue weighted by Gasteiger charge is 2.12. The Kier molecular flexibility index (Phi) is 6.37. The van der Waals surface area contributed by atoms with Crippen molar-refractivity contribution in [3.05, 3.63) is 53.6 Å². The van der Waals surface area contributed by atoms with E-state index in [1.54, 1.807) is 38.5 Å². The molecule has 0 aliphatic heterocycles. The summed E-state index contributed by atoms with van der Waals surface area (Å²) in [5.74, 6) is 1.24.